The van der Waals surface area contributed by atoms with Gasteiger partial charge in [-0.1, -0.05) is 123 Å². The number of rotatable bonds is 6. The lowest BCUT2D eigenvalue weighted by Crippen LogP contribution is -2.16. The molecule has 0 saturated carbocycles. The second-order valence-corrected chi connectivity index (χ2v) is 11.4. The molecule has 0 aromatic heterocycles. The van der Waals surface area contributed by atoms with Crippen LogP contribution in [-0.4, -0.2) is 6.29 Å². The van der Waals surface area contributed by atoms with E-state index in [0.717, 1.165) is 34.5 Å². The molecule has 0 atom stereocenters. The van der Waals surface area contributed by atoms with Crippen LogP contribution in [0.3, 0.4) is 0 Å². The van der Waals surface area contributed by atoms with Gasteiger partial charge in [-0.05, 0) is 80.9 Å². The van der Waals surface area contributed by atoms with Crippen LogP contribution < -0.4 is 4.90 Å². The first-order chi connectivity index (χ1) is 20.5. The Bertz CT molecular complexity index is 1880. The Morgan fingerprint density at radius 3 is 1.55 bits per heavy atom. The third-order valence-electron chi connectivity index (χ3n) is 8.56. The lowest BCUT2D eigenvalue weighted by molar-refractivity contribution is 0.112. The van der Waals surface area contributed by atoms with Crippen molar-refractivity contribution in [2.75, 3.05) is 4.90 Å². The van der Waals surface area contributed by atoms with Gasteiger partial charge in [-0.3, -0.25) is 4.79 Å². The molecule has 202 valence electrons. The Labute approximate surface area is 247 Å². The number of anilines is 3. The molecule has 0 aliphatic heterocycles. The Kier molecular flexibility index (Phi) is 6.32. The zero-order valence-corrected chi connectivity index (χ0v) is 23.8. The van der Waals surface area contributed by atoms with E-state index < -0.39 is 0 Å². The summed E-state index contributed by atoms with van der Waals surface area (Å²) in [7, 11) is 0. The van der Waals surface area contributed by atoms with Crippen LogP contribution in [0.15, 0.2) is 146 Å². The van der Waals surface area contributed by atoms with Crippen molar-refractivity contribution < 1.29 is 4.79 Å². The van der Waals surface area contributed by atoms with E-state index in [4.69, 9.17) is 0 Å². The molecule has 42 heavy (non-hydrogen) atoms. The highest BCUT2D eigenvalue weighted by Gasteiger charge is 2.35. The van der Waals surface area contributed by atoms with Crippen molar-refractivity contribution in [3.05, 3.63) is 162 Å². The standard InChI is InChI=1S/C40H31NO/c1-40(2)38-11-7-6-10-36(38)37-25-24-35(26-39(37)40)41(33-20-16-31(17-21-33)29-8-4-3-5-9-29)34-22-18-32(19-23-34)30-14-12-28(27-42)13-15-30/h3-27H,1-2H3. The van der Waals surface area contributed by atoms with E-state index in [1.165, 1.54) is 33.4 Å². The Morgan fingerprint density at radius 1 is 0.476 bits per heavy atom. The SMILES string of the molecule is CC1(C)c2ccccc2-c2ccc(N(c3ccc(-c4ccccc4)cc3)c3ccc(-c4ccc(C=O)cc4)cc3)cc21. The van der Waals surface area contributed by atoms with Gasteiger partial charge in [0.2, 0.25) is 0 Å². The van der Waals surface area contributed by atoms with Crippen LogP contribution in [0, 0.1) is 0 Å². The minimum atomic E-state index is -0.0810. The smallest absolute Gasteiger partial charge is 0.150 e. The molecular weight excluding hydrogens is 510 g/mol. The maximum atomic E-state index is 11.1. The normalized spacial score (nSPS) is 12.8. The molecular formula is C40H31NO. The monoisotopic (exact) mass is 541 g/mol. The molecule has 0 bridgehead atoms. The minimum Gasteiger partial charge on any atom is -0.310 e. The van der Waals surface area contributed by atoms with Gasteiger partial charge >= 0.3 is 0 Å². The van der Waals surface area contributed by atoms with Gasteiger partial charge in [0.05, 0.1) is 0 Å². The van der Waals surface area contributed by atoms with E-state index in [0.29, 0.717) is 5.56 Å². The van der Waals surface area contributed by atoms with Gasteiger partial charge in [-0.15, -0.1) is 0 Å². The molecule has 0 spiro atoms. The number of hydrogen-bond donors (Lipinski definition) is 0. The third kappa shape index (κ3) is 4.42. The van der Waals surface area contributed by atoms with E-state index in [9.17, 15) is 4.79 Å². The van der Waals surface area contributed by atoms with Gasteiger partial charge in [0.25, 0.3) is 0 Å². The number of aldehydes is 1. The quantitative estimate of drug-likeness (QED) is 0.196. The number of hydrogen-bond acceptors (Lipinski definition) is 2. The van der Waals surface area contributed by atoms with Crippen LogP contribution in [-0.2, 0) is 5.41 Å². The van der Waals surface area contributed by atoms with Crippen molar-refractivity contribution in [3.63, 3.8) is 0 Å². The Morgan fingerprint density at radius 2 is 0.952 bits per heavy atom. The minimum absolute atomic E-state index is 0.0810. The van der Waals surface area contributed by atoms with Gasteiger partial charge in [-0.2, -0.15) is 0 Å². The molecule has 2 heteroatoms. The van der Waals surface area contributed by atoms with E-state index in [2.05, 4.69) is 134 Å². The summed E-state index contributed by atoms with van der Waals surface area (Å²) in [6.07, 6.45) is 0.879. The maximum absolute atomic E-state index is 11.1. The van der Waals surface area contributed by atoms with Crippen molar-refractivity contribution >= 4 is 23.3 Å². The van der Waals surface area contributed by atoms with Crippen LogP contribution in [0.1, 0.15) is 35.3 Å². The highest BCUT2D eigenvalue weighted by molar-refractivity contribution is 5.86. The number of fused-ring (bicyclic) bond motifs is 3. The van der Waals surface area contributed by atoms with Crippen LogP contribution in [0.2, 0.25) is 0 Å². The molecule has 0 unspecified atom stereocenters. The summed E-state index contributed by atoms with van der Waals surface area (Å²) in [5.41, 5.74) is 13.9. The van der Waals surface area contributed by atoms with Crippen molar-refractivity contribution in [1.29, 1.82) is 0 Å². The number of carbonyl (C=O) groups is 1. The predicted molar refractivity (Wildman–Crippen MR) is 175 cm³/mol. The molecule has 1 aliphatic rings. The van der Waals surface area contributed by atoms with E-state index in [1.54, 1.807) is 0 Å². The second kappa shape index (κ2) is 10.3. The number of nitrogens with zero attached hydrogens (tertiary/aromatic N) is 1. The average Bonchev–Trinajstić information content (AvgIpc) is 3.28. The van der Waals surface area contributed by atoms with Crippen LogP contribution in [0.5, 0.6) is 0 Å². The van der Waals surface area contributed by atoms with Crippen LogP contribution >= 0.6 is 0 Å². The molecule has 0 heterocycles. The first-order valence-corrected chi connectivity index (χ1v) is 14.4. The molecule has 2 nitrogen and oxygen atoms in total. The Hall–Kier alpha value is -5.21. The molecule has 0 saturated heterocycles. The molecule has 1 aliphatic carbocycles. The zero-order chi connectivity index (χ0) is 28.7. The molecule has 6 aromatic rings. The van der Waals surface area contributed by atoms with Crippen molar-refractivity contribution in [1.82, 2.24) is 0 Å². The largest absolute Gasteiger partial charge is 0.310 e. The fourth-order valence-electron chi connectivity index (χ4n) is 6.27. The Balaban J connectivity index is 1.32. The first kappa shape index (κ1) is 25.7. The van der Waals surface area contributed by atoms with Gasteiger partial charge in [0, 0.05) is 28.0 Å². The summed E-state index contributed by atoms with van der Waals surface area (Å²) >= 11 is 0. The van der Waals surface area contributed by atoms with Gasteiger partial charge in [0.1, 0.15) is 6.29 Å². The molecule has 6 aromatic carbocycles. The third-order valence-corrected chi connectivity index (χ3v) is 8.56. The average molecular weight is 542 g/mol. The fraction of sp³-hybridized carbons (Fsp3) is 0.0750. The van der Waals surface area contributed by atoms with Crippen LogP contribution in [0.4, 0.5) is 17.1 Å². The second-order valence-electron chi connectivity index (χ2n) is 11.4. The summed E-state index contributed by atoms with van der Waals surface area (Å²) in [5.74, 6) is 0. The van der Waals surface area contributed by atoms with E-state index >= 15 is 0 Å². The van der Waals surface area contributed by atoms with Gasteiger partial charge in [0.15, 0.2) is 0 Å². The topological polar surface area (TPSA) is 20.3 Å². The summed E-state index contributed by atoms with van der Waals surface area (Å²) in [6.45, 7) is 4.65. The maximum Gasteiger partial charge on any atom is 0.150 e. The van der Waals surface area contributed by atoms with Crippen molar-refractivity contribution in [2.24, 2.45) is 0 Å². The van der Waals surface area contributed by atoms with Crippen molar-refractivity contribution in [2.45, 2.75) is 19.3 Å². The zero-order valence-electron chi connectivity index (χ0n) is 23.8. The lowest BCUT2D eigenvalue weighted by Gasteiger charge is -2.28. The van der Waals surface area contributed by atoms with Crippen LogP contribution in [0.25, 0.3) is 33.4 Å². The first-order valence-electron chi connectivity index (χ1n) is 14.4. The fourth-order valence-corrected chi connectivity index (χ4v) is 6.27. The summed E-state index contributed by atoms with van der Waals surface area (Å²) < 4.78 is 0. The molecule has 7 rings (SSSR count). The van der Waals surface area contributed by atoms with Crippen molar-refractivity contribution in [3.8, 4) is 33.4 Å². The summed E-state index contributed by atoms with van der Waals surface area (Å²) in [6, 6.07) is 51.4. The van der Waals surface area contributed by atoms with E-state index in [-0.39, 0.29) is 5.41 Å². The molecule has 0 N–H and O–H groups in total. The van der Waals surface area contributed by atoms with Gasteiger partial charge < -0.3 is 4.90 Å². The highest BCUT2D eigenvalue weighted by atomic mass is 16.1. The predicted octanol–water partition coefficient (Wildman–Crippen LogP) is 10.6. The molecule has 0 amide bonds. The highest BCUT2D eigenvalue weighted by Crippen LogP contribution is 2.50. The number of benzene rings is 6. The summed E-state index contributed by atoms with van der Waals surface area (Å²) in [4.78, 5) is 13.5. The van der Waals surface area contributed by atoms with Gasteiger partial charge in [-0.25, -0.2) is 0 Å². The molecule has 0 radical (unpaired) electrons. The van der Waals surface area contributed by atoms with E-state index in [1.807, 2.05) is 30.3 Å². The summed E-state index contributed by atoms with van der Waals surface area (Å²) in [5, 5.41) is 0. The molecule has 0 fully saturated rings. The lowest BCUT2D eigenvalue weighted by atomic mass is 9.82. The number of carbonyl (C=O) groups excluding carboxylic acids is 1.